The standard InChI is InChI=1S/C45H42N12/c1-7-23-55(24-8-1)32-13-15-35(37(27-32)49-41-11-3-5-19-47-41)39-29-34-30-40(52-45-54-43(31-17-21-46-22-18-31)53-44(51-39)57(34)45)36-16-14-33(56-25-9-2-10-26-56)28-38(36)50-42-12-4-6-20-48-42/h3-6,11-22,27-30H,1-2,7-10,23-26H2,(H,47,49)(H,48,50). The second-order valence-corrected chi connectivity index (χ2v) is 14.7. The van der Waals surface area contributed by atoms with Crippen molar-refractivity contribution in [3.05, 3.63) is 144 Å². The molecule has 0 unspecified atom stereocenters. The Morgan fingerprint density at radius 1 is 0.509 bits per heavy atom. The molecule has 10 rings (SSSR count). The maximum atomic E-state index is 5.22. The van der Waals surface area contributed by atoms with Gasteiger partial charge in [-0.2, -0.15) is 9.98 Å². The second kappa shape index (κ2) is 15.3. The quantitative estimate of drug-likeness (QED) is 0.154. The first kappa shape index (κ1) is 34.5. The highest BCUT2D eigenvalue weighted by molar-refractivity contribution is 6.27. The molecular formula is C45H42N12. The van der Waals surface area contributed by atoms with Crippen LogP contribution in [0, 0.1) is 0 Å². The van der Waals surface area contributed by atoms with E-state index in [4.69, 9.17) is 20.0 Å². The average molecular weight is 751 g/mol. The lowest BCUT2D eigenvalue weighted by atomic mass is 10.0. The molecule has 5 aliphatic rings. The SMILES string of the molecule is C1=C(c2ccc(N3CCCCC3)cc2Nc2ccccn2)N=C2N=C(c3ccncc3)N=C3N=C(c4ccc(N5CCCCC5)cc4Nc4ccccn4)C=C1N23. The van der Waals surface area contributed by atoms with E-state index in [-0.39, 0.29) is 0 Å². The maximum Gasteiger partial charge on any atom is 0.239 e. The maximum absolute atomic E-state index is 5.22. The van der Waals surface area contributed by atoms with Crippen LogP contribution in [0.4, 0.5) is 34.4 Å². The summed E-state index contributed by atoms with van der Waals surface area (Å²) in [5, 5.41) is 7.24. The Labute approximate surface area is 331 Å². The summed E-state index contributed by atoms with van der Waals surface area (Å²) in [7, 11) is 0. The van der Waals surface area contributed by atoms with E-state index < -0.39 is 0 Å². The molecule has 57 heavy (non-hydrogen) atoms. The predicted octanol–water partition coefficient (Wildman–Crippen LogP) is 8.56. The summed E-state index contributed by atoms with van der Waals surface area (Å²) in [5.74, 6) is 3.03. The largest absolute Gasteiger partial charge is 0.371 e. The lowest BCUT2D eigenvalue weighted by Gasteiger charge is -2.34. The van der Waals surface area contributed by atoms with Gasteiger partial charge in [0.15, 0.2) is 5.84 Å². The van der Waals surface area contributed by atoms with E-state index in [1.807, 2.05) is 53.4 Å². The van der Waals surface area contributed by atoms with Crippen LogP contribution in [0.3, 0.4) is 0 Å². The average Bonchev–Trinajstić information content (AvgIpc) is 3.28. The van der Waals surface area contributed by atoms with Crippen molar-refractivity contribution in [2.24, 2.45) is 20.0 Å². The van der Waals surface area contributed by atoms with Crippen LogP contribution in [-0.2, 0) is 0 Å². The molecule has 0 bridgehead atoms. The number of benzene rings is 2. The van der Waals surface area contributed by atoms with Crippen LogP contribution in [0.25, 0.3) is 5.70 Å². The Kier molecular flexibility index (Phi) is 9.27. The van der Waals surface area contributed by atoms with Gasteiger partial charge in [0.25, 0.3) is 0 Å². The van der Waals surface area contributed by atoms with Crippen LogP contribution in [0.5, 0.6) is 0 Å². The fourth-order valence-electron chi connectivity index (χ4n) is 7.99. The molecule has 0 aliphatic carbocycles. The molecule has 5 aromatic rings. The molecule has 0 radical (unpaired) electrons. The number of nitrogens with one attached hydrogen (secondary N) is 2. The summed E-state index contributed by atoms with van der Waals surface area (Å²) in [6, 6.07) is 28.8. The number of aromatic nitrogens is 3. The Hall–Kier alpha value is -6.95. The number of amidine groups is 1. The summed E-state index contributed by atoms with van der Waals surface area (Å²) in [6.45, 7) is 4.18. The minimum absolute atomic E-state index is 0.495. The fraction of sp³-hybridized carbons (Fsp3) is 0.222. The molecule has 2 fully saturated rings. The number of hydrogen-bond donors (Lipinski definition) is 2. The Morgan fingerprint density at radius 3 is 1.72 bits per heavy atom. The van der Waals surface area contributed by atoms with Gasteiger partial charge in [0.1, 0.15) is 11.6 Å². The molecule has 2 aromatic carbocycles. The molecule has 5 aliphatic heterocycles. The molecule has 3 aromatic heterocycles. The van der Waals surface area contributed by atoms with Gasteiger partial charge in [0.2, 0.25) is 11.9 Å². The highest BCUT2D eigenvalue weighted by Gasteiger charge is 2.34. The number of allylic oxidation sites excluding steroid dienone is 2. The smallest absolute Gasteiger partial charge is 0.239 e. The third kappa shape index (κ3) is 7.17. The highest BCUT2D eigenvalue weighted by atomic mass is 15.4. The third-order valence-corrected chi connectivity index (χ3v) is 10.9. The highest BCUT2D eigenvalue weighted by Crippen LogP contribution is 2.38. The first-order valence-corrected chi connectivity index (χ1v) is 19.9. The van der Waals surface area contributed by atoms with E-state index in [2.05, 4.69) is 83.9 Å². The lowest BCUT2D eigenvalue weighted by Crippen LogP contribution is -2.42. The Balaban J connectivity index is 1.11. The lowest BCUT2D eigenvalue weighted by molar-refractivity contribution is 0.578. The van der Waals surface area contributed by atoms with Gasteiger partial charge in [-0.3, -0.25) is 4.98 Å². The van der Waals surface area contributed by atoms with Crippen molar-refractivity contribution in [1.82, 2.24) is 19.9 Å². The number of rotatable bonds is 9. The van der Waals surface area contributed by atoms with E-state index in [0.717, 1.165) is 83.0 Å². The van der Waals surface area contributed by atoms with Crippen LogP contribution in [0.1, 0.15) is 55.2 Å². The Morgan fingerprint density at radius 2 is 1.11 bits per heavy atom. The van der Waals surface area contributed by atoms with Gasteiger partial charge in [-0.25, -0.2) is 24.9 Å². The number of nitrogens with zero attached hydrogens (tertiary/aromatic N) is 10. The fourth-order valence-corrected chi connectivity index (χ4v) is 7.99. The molecule has 8 heterocycles. The van der Waals surface area contributed by atoms with E-state index in [9.17, 15) is 0 Å². The van der Waals surface area contributed by atoms with Gasteiger partial charge >= 0.3 is 0 Å². The van der Waals surface area contributed by atoms with Gasteiger partial charge < -0.3 is 20.4 Å². The van der Waals surface area contributed by atoms with Crippen LogP contribution in [-0.4, -0.2) is 69.5 Å². The Bertz CT molecular complexity index is 2370. The van der Waals surface area contributed by atoms with Gasteiger partial charge in [-0.1, -0.05) is 12.1 Å². The zero-order chi connectivity index (χ0) is 38.0. The molecule has 0 spiro atoms. The van der Waals surface area contributed by atoms with Crippen molar-refractivity contribution < 1.29 is 0 Å². The topological polar surface area (TPSA) is 122 Å². The van der Waals surface area contributed by atoms with Crippen molar-refractivity contribution in [2.75, 3.05) is 46.6 Å². The number of anilines is 6. The minimum atomic E-state index is 0.495. The van der Waals surface area contributed by atoms with Crippen LogP contribution >= 0.6 is 0 Å². The van der Waals surface area contributed by atoms with Gasteiger partial charge in [0.05, 0.1) is 28.5 Å². The van der Waals surface area contributed by atoms with Gasteiger partial charge in [-0.05, 0) is 123 Å². The monoisotopic (exact) mass is 750 g/mol. The molecular weight excluding hydrogens is 709 g/mol. The van der Waals surface area contributed by atoms with Crippen molar-refractivity contribution >= 4 is 63.5 Å². The number of piperidine rings is 2. The second-order valence-electron chi connectivity index (χ2n) is 14.7. The minimum Gasteiger partial charge on any atom is -0.371 e. The molecule has 0 amide bonds. The number of aliphatic imine (C=N–C) groups is 4. The summed E-state index contributed by atoms with van der Waals surface area (Å²) >= 11 is 0. The summed E-state index contributed by atoms with van der Waals surface area (Å²) < 4.78 is 0. The molecule has 0 atom stereocenters. The number of guanidine groups is 2. The van der Waals surface area contributed by atoms with Crippen molar-refractivity contribution in [2.45, 2.75) is 38.5 Å². The summed E-state index contributed by atoms with van der Waals surface area (Å²) in [6.07, 6.45) is 18.6. The van der Waals surface area contributed by atoms with Gasteiger partial charge in [0, 0.05) is 79.0 Å². The molecule has 2 N–H and O–H groups in total. The van der Waals surface area contributed by atoms with Crippen LogP contribution in [0.15, 0.2) is 148 Å². The van der Waals surface area contributed by atoms with Crippen molar-refractivity contribution in [3.63, 3.8) is 0 Å². The first-order valence-electron chi connectivity index (χ1n) is 19.9. The van der Waals surface area contributed by atoms with Gasteiger partial charge in [-0.15, -0.1) is 0 Å². The van der Waals surface area contributed by atoms with Crippen LogP contribution < -0.4 is 20.4 Å². The third-order valence-electron chi connectivity index (χ3n) is 10.9. The summed E-state index contributed by atoms with van der Waals surface area (Å²) in [4.78, 5) is 40.8. The van der Waals surface area contributed by atoms with E-state index in [1.54, 1.807) is 24.8 Å². The van der Waals surface area contributed by atoms with E-state index in [1.165, 1.54) is 49.9 Å². The van der Waals surface area contributed by atoms with E-state index in [0.29, 0.717) is 17.8 Å². The zero-order valence-corrected chi connectivity index (χ0v) is 31.6. The van der Waals surface area contributed by atoms with E-state index >= 15 is 0 Å². The zero-order valence-electron chi connectivity index (χ0n) is 31.6. The number of hydrogen-bond acceptors (Lipinski definition) is 12. The molecule has 12 nitrogen and oxygen atoms in total. The predicted molar refractivity (Wildman–Crippen MR) is 230 cm³/mol. The normalized spacial score (nSPS) is 17.6. The number of pyridine rings is 3. The van der Waals surface area contributed by atoms with Crippen molar-refractivity contribution in [3.8, 4) is 0 Å². The summed E-state index contributed by atoms with van der Waals surface area (Å²) in [5.41, 5.74) is 9.30. The van der Waals surface area contributed by atoms with Crippen LogP contribution in [0.2, 0.25) is 0 Å². The molecule has 282 valence electrons. The van der Waals surface area contributed by atoms with Crippen molar-refractivity contribution in [1.29, 1.82) is 0 Å². The molecule has 0 saturated carbocycles. The first-order chi connectivity index (χ1) is 28.2. The molecule has 12 heteroatoms. The molecule has 2 saturated heterocycles.